The van der Waals surface area contributed by atoms with Crippen molar-refractivity contribution in [3.8, 4) is 5.75 Å². The summed E-state index contributed by atoms with van der Waals surface area (Å²) in [7, 11) is 0. The molecule has 2 aromatic carbocycles. The molecule has 0 saturated carbocycles. The molecular weight excluding hydrogens is 378 g/mol. The molecule has 0 saturated heterocycles. The number of rotatable bonds is 4. The second-order valence-electron chi connectivity index (χ2n) is 6.83. The fourth-order valence-corrected chi connectivity index (χ4v) is 3.97. The highest BCUT2D eigenvalue weighted by Gasteiger charge is 2.43. The van der Waals surface area contributed by atoms with E-state index in [4.69, 9.17) is 21.1 Å². The molecule has 0 N–H and O–H groups in total. The number of aryl methyl sites for hydroxylation is 1. The first-order chi connectivity index (χ1) is 13.5. The highest BCUT2D eigenvalue weighted by Crippen LogP contribution is 2.44. The van der Waals surface area contributed by atoms with Gasteiger partial charge in [0, 0.05) is 22.9 Å². The number of hydrogen-bond acceptors (Lipinski definition) is 4. The minimum Gasteiger partial charge on any atom is -0.494 e. The number of cyclic esters (lactones) is 1. The van der Waals surface area contributed by atoms with Gasteiger partial charge in [0.2, 0.25) is 5.91 Å². The molecule has 2 aliphatic heterocycles. The first-order valence-electron chi connectivity index (χ1n) is 9.22. The standard InChI is InChI=1S/C22H20ClNO4/c1-3-27-19-7-5-4-6-15(19)16-11-20(25)24(18-12-28-22(26)21(16)18)14-9-8-13(2)17(23)10-14/h4-10,16H,3,11-12H2,1-2H3. The molecule has 4 rings (SSSR count). The third-order valence-corrected chi connectivity index (χ3v) is 5.53. The summed E-state index contributed by atoms with van der Waals surface area (Å²) in [5.74, 6) is -0.200. The third kappa shape index (κ3) is 3.06. The molecule has 0 spiro atoms. The van der Waals surface area contributed by atoms with Crippen molar-refractivity contribution in [2.45, 2.75) is 26.2 Å². The highest BCUT2D eigenvalue weighted by molar-refractivity contribution is 6.31. The Labute approximate surface area is 168 Å². The predicted octanol–water partition coefficient (Wildman–Crippen LogP) is 4.38. The lowest BCUT2D eigenvalue weighted by atomic mass is 9.83. The molecule has 0 aliphatic carbocycles. The van der Waals surface area contributed by atoms with Crippen molar-refractivity contribution in [1.82, 2.24) is 0 Å². The first-order valence-corrected chi connectivity index (χ1v) is 9.60. The van der Waals surface area contributed by atoms with Crippen molar-refractivity contribution >= 4 is 29.2 Å². The molecule has 144 valence electrons. The maximum absolute atomic E-state index is 13.1. The summed E-state index contributed by atoms with van der Waals surface area (Å²) in [4.78, 5) is 27.3. The van der Waals surface area contributed by atoms with E-state index >= 15 is 0 Å². The van der Waals surface area contributed by atoms with E-state index in [1.807, 2.05) is 50.2 Å². The van der Waals surface area contributed by atoms with Gasteiger partial charge in [0.05, 0.1) is 23.6 Å². The number of para-hydroxylation sites is 1. The number of benzene rings is 2. The summed E-state index contributed by atoms with van der Waals surface area (Å²) in [6.45, 7) is 4.37. The van der Waals surface area contributed by atoms with Crippen molar-refractivity contribution in [2.24, 2.45) is 0 Å². The van der Waals surface area contributed by atoms with Crippen molar-refractivity contribution in [2.75, 3.05) is 18.1 Å². The Bertz CT molecular complexity index is 998. The van der Waals surface area contributed by atoms with Crippen LogP contribution in [0.3, 0.4) is 0 Å². The van der Waals surface area contributed by atoms with Crippen LogP contribution in [-0.2, 0) is 14.3 Å². The number of amides is 1. The Kier molecular flexibility index (Phi) is 4.85. The molecule has 0 radical (unpaired) electrons. The molecule has 0 fully saturated rings. The normalized spacial score (nSPS) is 19.0. The molecule has 0 aromatic heterocycles. The Balaban J connectivity index is 1.83. The average molecular weight is 398 g/mol. The predicted molar refractivity (Wildman–Crippen MR) is 107 cm³/mol. The molecule has 0 bridgehead atoms. The van der Waals surface area contributed by atoms with Gasteiger partial charge in [-0.2, -0.15) is 0 Å². The fraction of sp³-hybridized carbons (Fsp3) is 0.273. The smallest absolute Gasteiger partial charge is 0.336 e. The summed E-state index contributed by atoms with van der Waals surface area (Å²) < 4.78 is 11.1. The summed E-state index contributed by atoms with van der Waals surface area (Å²) in [6, 6.07) is 13.0. The van der Waals surface area contributed by atoms with E-state index in [0.717, 1.165) is 11.1 Å². The zero-order valence-corrected chi connectivity index (χ0v) is 16.5. The van der Waals surface area contributed by atoms with Crippen LogP contribution in [0.15, 0.2) is 53.7 Å². The van der Waals surface area contributed by atoms with Gasteiger partial charge in [-0.1, -0.05) is 35.9 Å². The van der Waals surface area contributed by atoms with E-state index in [1.54, 1.807) is 11.0 Å². The van der Waals surface area contributed by atoms with Crippen LogP contribution in [0.5, 0.6) is 5.75 Å². The number of anilines is 1. The van der Waals surface area contributed by atoms with Gasteiger partial charge in [-0.15, -0.1) is 0 Å². The second-order valence-corrected chi connectivity index (χ2v) is 7.23. The van der Waals surface area contributed by atoms with E-state index in [2.05, 4.69) is 0 Å². The van der Waals surface area contributed by atoms with Crippen LogP contribution in [0.4, 0.5) is 5.69 Å². The number of halogens is 1. The number of esters is 1. The molecule has 1 amide bonds. The lowest BCUT2D eigenvalue weighted by molar-refractivity contribution is -0.136. The Hall–Kier alpha value is -2.79. The van der Waals surface area contributed by atoms with Gasteiger partial charge >= 0.3 is 5.97 Å². The molecule has 1 atom stereocenters. The van der Waals surface area contributed by atoms with Crippen molar-refractivity contribution in [1.29, 1.82) is 0 Å². The summed E-state index contributed by atoms with van der Waals surface area (Å²) in [5.41, 5.74) is 3.49. The van der Waals surface area contributed by atoms with Gasteiger partial charge in [0.1, 0.15) is 12.4 Å². The molecule has 5 nitrogen and oxygen atoms in total. The topological polar surface area (TPSA) is 55.8 Å². The SMILES string of the molecule is CCOc1ccccc1C1CC(=O)N(c2ccc(C)c(Cl)c2)C2=C1C(=O)OC2. The Morgan fingerprint density at radius 3 is 2.75 bits per heavy atom. The third-order valence-electron chi connectivity index (χ3n) is 5.13. The molecule has 28 heavy (non-hydrogen) atoms. The van der Waals surface area contributed by atoms with Crippen LogP contribution in [0.2, 0.25) is 5.02 Å². The highest BCUT2D eigenvalue weighted by atomic mass is 35.5. The van der Waals surface area contributed by atoms with Crippen LogP contribution in [0.1, 0.15) is 30.4 Å². The summed E-state index contributed by atoms with van der Waals surface area (Å²) >= 11 is 6.26. The zero-order valence-electron chi connectivity index (χ0n) is 15.7. The number of hydrogen-bond donors (Lipinski definition) is 0. The maximum atomic E-state index is 13.1. The van der Waals surface area contributed by atoms with Gasteiger partial charge in [0.15, 0.2) is 0 Å². The van der Waals surface area contributed by atoms with Crippen LogP contribution < -0.4 is 9.64 Å². The van der Waals surface area contributed by atoms with E-state index in [-0.39, 0.29) is 24.9 Å². The molecule has 6 heteroatoms. The van der Waals surface area contributed by atoms with Crippen LogP contribution in [0, 0.1) is 6.92 Å². The summed E-state index contributed by atoms with van der Waals surface area (Å²) in [6.07, 6.45) is 0.156. The van der Waals surface area contributed by atoms with Gasteiger partial charge < -0.3 is 9.47 Å². The van der Waals surface area contributed by atoms with Crippen molar-refractivity contribution in [3.05, 3.63) is 69.9 Å². The van der Waals surface area contributed by atoms with Crippen LogP contribution >= 0.6 is 11.6 Å². The number of carbonyl (C=O) groups excluding carboxylic acids is 2. The van der Waals surface area contributed by atoms with Gasteiger partial charge in [-0.25, -0.2) is 4.79 Å². The quantitative estimate of drug-likeness (QED) is 0.718. The first kappa shape index (κ1) is 18.6. The van der Waals surface area contributed by atoms with E-state index in [0.29, 0.717) is 34.3 Å². The summed E-state index contributed by atoms with van der Waals surface area (Å²) in [5, 5.41) is 0.571. The van der Waals surface area contributed by atoms with Gasteiger partial charge in [-0.05, 0) is 37.6 Å². The van der Waals surface area contributed by atoms with E-state index in [9.17, 15) is 9.59 Å². The van der Waals surface area contributed by atoms with E-state index in [1.165, 1.54) is 0 Å². The minimum absolute atomic E-state index is 0.0682. The monoisotopic (exact) mass is 397 g/mol. The number of ether oxygens (including phenoxy) is 2. The largest absolute Gasteiger partial charge is 0.494 e. The maximum Gasteiger partial charge on any atom is 0.336 e. The zero-order chi connectivity index (χ0) is 19.8. The fourth-order valence-electron chi connectivity index (χ4n) is 3.80. The Morgan fingerprint density at radius 2 is 2.00 bits per heavy atom. The molecule has 2 heterocycles. The van der Waals surface area contributed by atoms with Crippen molar-refractivity contribution < 1.29 is 19.1 Å². The molecule has 2 aliphatic rings. The lowest BCUT2D eigenvalue weighted by Gasteiger charge is -2.32. The molecule has 1 unspecified atom stereocenters. The lowest BCUT2D eigenvalue weighted by Crippen LogP contribution is -2.37. The Morgan fingerprint density at radius 1 is 1.21 bits per heavy atom. The van der Waals surface area contributed by atoms with Gasteiger partial charge in [-0.3, -0.25) is 9.69 Å². The number of nitrogens with zero attached hydrogens (tertiary/aromatic N) is 1. The van der Waals surface area contributed by atoms with E-state index < -0.39 is 5.92 Å². The molecule has 2 aromatic rings. The van der Waals surface area contributed by atoms with Gasteiger partial charge in [0.25, 0.3) is 0 Å². The van der Waals surface area contributed by atoms with Crippen LogP contribution in [-0.4, -0.2) is 25.1 Å². The molecular formula is C22H20ClNO4. The second kappa shape index (κ2) is 7.32. The number of carbonyl (C=O) groups is 2. The van der Waals surface area contributed by atoms with Crippen molar-refractivity contribution in [3.63, 3.8) is 0 Å². The average Bonchev–Trinajstić information content (AvgIpc) is 3.06. The minimum atomic E-state index is -0.391. The van der Waals surface area contributed by atoms with Crippen LogP contribution in [0.25, 0.3) is 0 Å².